The van der Waals surface area contributed by atoms with Gasteiger partial charge in [-0.1, -0.05) is 11.6 Å². The number of aromatic nitrogens is 1. The van der Waals surface area contributed by atoms with E-state index in [1.807, 2.05) is 0 Å². The van der Waals surface area contributed by atoms with Crippen LogP contribution >= 0.6 is 11.6 Å². The van der Waals surface area contributed by atoms with Gasteiger partial charge in [-0.3, -0.25) is 14.5 Å². The topological polar surface area (TPSA) is 112 Å². The third-order valence-corrected chi connectivity index (χ3v) is 5.75. The van der Waals surface area contributed by atoms with Crippen LogP contribution in [0.1, 0.15) is 15.9 Å². The summed E-state index contributed by atoms with van der Waals surface area (Å²) >= 11 is 6.03. The maximum Gasteiger partial charge on any atom is 0.343 e. The first kappa shape index (κ1) is 22.3. The zero-order chi connectivity index (χ0) is 22.4. The highest BCUT2D eigenvalue weighted by molar-refractivity contribution is 7.92. The summed E-state index contributed by atoms with van der Waals surface area (Å²) in [5, 5.41) is 0.285. The first-order valence-corrected chi connectivity index (χ1v) is 10.7. The van der Waals surface area contributed by atoms with Crippen molar-refractivity contribution < 1.29 is 27.5 Å². The van der Waals surface area contributed by atoms with Gasteiger partial charge in [0.2, 0.25) is 0 Å². The average molecular weight is 461 g/mol. The number of esters is 1. The second-order valence-electron chi connectivity index (χ2n) is 6.20. The Morgan fingerprint density at radius 2 is 1.71 bits per heavy atom. The molecule has 0 aliphatic rings. The molecular formula is C21H17ClN2O6S. The molecule has 3 aromatic rings. The van der Waals surface area contributed by atoms with Gasteiger partial charge in [-0.2, -0.15) is 0 Å². The van der Waals surface area contributed by atoms with Crippen LogP contribution in [0.5, 0.6) is 5.75 Å². The van der Waals surface area contributed by atoms with Crippen LogP contribution in [0.15, 0.2) is 71.9 Å². The molecule has 0 aliphatic carbocycles. The number of methoxy groups -OCH3 is 1. The summed E-state index contributed by atoms with van der Waals surface area (Å²) in [7, 11) is -2.79. The summed E-state index contributed by atoms with van der Waals surface area (Å²) < 4.78 is 37.8. The van der Waals surface area contributed by atoms with Gasteiger partial charge in [0.25, 0.3) is 10.0 Å². The summed E-state index contributed by atoms with van der Waals surface area (Å²) in [6.07, 6.45) is 2.93. The minimum absolute atomic E-state index is 0.0600. The van der Waals surface area contributed by atoms with E-state index >= 15 is 0 Å². The van der Waals surface area contributed by atoms with E-state index in [2.05, 4.69) is 14.4 Å². The van der Waals surface area contributed by atoms with Gasteiger partial charge in [-0.05, 0) is 54.6 Å². The molecule has 0 radical (unpaired) electrons. The summed E-state index contributed by atoms with van der Waals surface area (Å²) in [6.45, 7) is -0.300. The lowest BCUT2D eigenvalue weighted by atomic mass is 10.0. The maximum atomic E-state index is 12.9. The minimum atomic E-state index is -4.02. The third kappa shape index (κ3) is 5.59. The molecule has 1 aromatic heterocycles. The zero-order valence-electron chi connectivity index (χ0n) is 16.2. The van der Waals surface area contributed by atoms with Gasteiger partial charge in [0, 0.05) is 28.5 Å². The van der Waals surface area contributed by atoms with E-state index in [4.69, 9.17) is 16.3 Å². The van der Waals surface area contributed by atoms with Crippen LogP contribution in [0, 0.1) is 0 Å². The molecule has 0 bridgehead atoms. The van der Waals surface area contributed by atoms with Crippen molar-refractivity contribution in [2.75, 3.05) is 18.4 Å². The summed E-state index contributed by atoms with van der Waals surface area (Å²) in [5.74, 6) is -0.675. The lowest BCUT2D eigenvalue weighted by Crippen LogP contribution is -2.16. The maximum absolute atomic E-state index is 12.9. The van der Waals surface area contributed by atoms with Crippen LogP contribution in [0.4, 0.5) is 5.69 Å². The Morgan fingerprint density at radius 3 is 2.35 bits per heavy atom. The van der Waals surface area contributed by atoms with Gasteiger partial charge in [0.05, 0.1) is 17.7 Å². The highest BCUT2D eigenvalue weighted by atomic mass is 35.5. The molecule has 1 heterocycles. The number of halogens is 1. The second-order valence-corrected chi connectivity index (χ2v) is 8.32. The van der Waals surface area contributed by atoms with Gasteiger partial charge in [0.1, 0.15) is 5.75 Å². The Hall–Kier alpha value is -3.43. The molecule has 0 atom stereocenters. The van der Waals surface area contributed by atoms with Crippen LogP contribution in [0.3, 0.4) is 0 Å². The van der Waals surface area contributed by atoms with E-state index in [1.54, 1.807) is 0 Å². The summed E-state index contributed by atoms with van der Waals surface area (Å²) in [4.78, 5) is 27.8. The number of hydrogen-bond acceptors (Lipinski definition) is 7. The number of pyridine rings is 1. The Balaban J connectivity index is 1.85. The van der Waals surface area contributed by atoms with Crippen molar-refractivity contribution in [1.82, 2.24) is 4.98 Å². The molecule has 0 saturated carbocycles. The molecule has 0 saturated heterocycles. The summed E-state index contributed by atoms with van der Waals surface area (Å²) in [5.41, 5.74) is 0.516. The van der Waals surface area contributed by atoms with Gasteiger partial charge >= 0.3 is 5.97 Å². The predicted molar refractivity (Wildman–Crippen MR) is 114 cm³/mol. The van der Waals surface area contributed by atoms with Crippen molar-refractivity contribution in [2.24, 2.45) is 0 Å². The van der Waals surface area contributed by atoms with Crippen molar-refractivity contribution >= 4 is 39.1 Å². The summed E-state index contributed by atoms with van der Waals surface area (Å²) in [6, 6.07) is 12.8. The smallest absolute Gasteiger partial charge is 0.343 e. The second kappa shape index (κ2) is 9.59. The number of carbonyl (C=O) groups is 2. The van der Waals surface area contributed by atoms with Gasteiger partial charge < -0.3 is 9.47 Å². The third-order valence-electron chi connectivity index (χ3n) is 4.13. The van der Waals surface area contributed by atoms with Gasteiger partial charge in [0.15, 0.2) is 12.4 Å². The number of hydrogen-bond donors (Lipinski definition) is 1. The molecule has 0 aliphatic heterocycles. The van der Waals surface area contributed by atoms with E-state index in [0.717, 1.165) is 0 Å². The molecule has 3 rings (SSSR count). The molecule has 160 valence electrons. The van der Waals surface area contributed by atoms with Gasteiger partial charge in [-0.25, -0.2) is 13.2 Å². The van der Waals surface area contributed by atoms with Crippen LogP contribution in [0.2, 0.25) is 5.02 Å². The normalized spacial score (nSPS) is 10.9. The molecule has 0 unspecified atom stereocenters. The molecule has 10 heteroatoms. The first-order chi connectivity index (χ1) is 14.8. The number of rotatable bonds is 8. The number of ketones is 1. The Bertz CT molecular complexity index is 1200. The molecule has 8 nitrogen and oxygen atoms in total. The van der Waals surface area contributed by atoms with Crippen LogP contribution in [-0.2, 0) is 19.6 Å². The van der Waals surface area contributed by atoms with Crippen molar-refractivity contribution in [3.8, 4) is 5.75 Å². The number of nitrogens with zero attached hydrogens (tertiary/aromatic N) is 1. The van der Waals surface area contributed by atoms with E-state index in [0.29, 0.717) is 11.3 Å². The largest absolute Gasteiger partial charge is 0.482 e. The number of anilines is 1. The molecule has 31 heavy (non-hydrogen) atoms. The number of ether oxygens (including phenoxy) is 2. The fraction of sp³-hybridized carbons (Fsp3) is 0.0952. The standard InChI is InChI=1S/C21H17ClN2O6S/c1-29-20(25)13-30-16-3-5-17(6-4-16)31(27,28)24-19-7-2-15(22)12-18(19)21(26)14-8-10-23-11-9-14/h2-12,24H,13H2,1H3. The molecule has 0 fully saturated rings. The zero-order valence-corrected chi connectivity index (χ0v) is 17.8. The first-order valence-electron chi connectivity index (χ1n) is 8.87. The molecule has 0 spiro atoms. The van der Waals surface area contributed by atoms with E-state index in [9.17, 15) is 18.0 Å². The average Bonchev–Trinajstić information content (AvgIpc) is 2.79. The SMILES string of the molecule is COC(=O)COc1ccc(S(=O)(=O)Nc2ccc(Cl)cc2C(=O)c2ccncc2)cc1. The number of carbonyl (C=O) groups excluding carboxylic acids is 2. The van der Waals surface area contributed by atoms with Crippen molar-refractivity contribution in [1.29, 1.82) is 0 Å². The molecular weight excluding hydrogens is 444 g/mol. The lowest BCUT2D eigenvalue weighted by Gasteiger charge is -2.13. The highest BCUT2D eigenvalue weighted by Gasteiger charge is 2.20. The number of benzene rings is 2. The fourth-order valence-corrected chi connectivity index (χ4v) is 3.82. The van der Waals surface area contributed by atoms with E-state index < -0.39 is 21.8 Å². The van der Waals surface area contributed by atoms with E-state index in [-0.39, 0.29) is 27.8 Å². The Morgan fingerprint density at radius 1 is 1.03 bits per heavy atom. The van der Waals surface area contributed by atoms with Crippen LogP contribution < -0.4 is 9.46 Å². The van der Waals surface area contributed by atoms with Crippen molar-refractivity contribution in [3.05, 3.63) is 83.1 Å². The van der Waals surface area contributed by atoms with Crippen LogP contribution in [-0.4, -0.2) is 38.9 Å². The molecule has 1 N–H and O–H groups in total. The van der Waals surface area contributed by atoms with E-state index in [1.165, 1.54) is 74.1 Å². The lowest BCUT2D eigenvalue weighted by molar-refractivity contribution is -0.142. The molecule has 2 aromatic carbocycles. The minimum Gasteiger partial charge on any atom is -0.482 e. The quantitative estimate of drug-likeness (QED) is 0.405. The van der Waals surface area contributed by atoms with Gasteiger partial charge in [-0.15, -0.1) is 0 Å². The Kier molecular flexibility index (Phi) is 6.88. The number of sulfonamides is 1. The van der Waals surface area contributed by atoms with Crippen LogP contribution in [0.25, 0.3) is 0 Å². The Labute approximate surface area is 183 Å². The van der Waals surface area contributed by atoms with Crippen molar-refractivity contribution in [2.45, 2.75) is 4.90 Å². The molecule has 0 amide bonds. The predicted octanol–water partition coefficient (Wildman–Crippen LogP) is 3.32. The number of nitrogens with one attached hydrogen (secondary N) is 1. The fourth-order valence-electron chi connectivity index (χ4n) is 2.57. The van der Waals surface area contributed by atoms with Crippen molar-refractivity contribution in [3.63, 3.8) is 0 Å². The highest BCUT2D eigenvalue weighted by Crippen LogP contribution is 2.26. The monoisotopic (exact) mass is 460 g/mol.